The summed E-state index contributed by atoms with van der Waals surface area (Å²) >= 11 is 0. The van der Waals surface area contributed by atoms with Crippen molar-refractivity contribution in [2.75, 3.05) is 32.5 Å². The van der Waals surface area contributed by atoms with Crippen molar-refractivity contribution in [3.63, 3.8) is 0 Å². The number of para-hydroxylation sites is 1. The molecule has 0 aliphatic carbocycles. The van der Waals surface area contributed by atoms with Gasteiger partial charge in [0.05, 0.1) is 0 Å². The summed E-state index contributed by atoms with van der Waals surface area (Å²) in [6.45, 7) is 5.86. The van der Waals surface area contributed by atoms with E-state index in [1.807, 2.05) is 32.3 Å². The molecule has 1 aromatic heterocycles. The van der Waals surface area contributed by atoms with Gasteiger partial charge >= 0.3 is 0 Å². The molecule has 0 aliphatic heterocycles. The Labute approximate surface area is 149 Å². The first kappa shape index (κ1) is 18.9. The molecular weight excluding hydrogens is 314 g/mol. The summed E-state index contributed by atoms with van der Waals surface area (Å²) in [5.74, 6) is 0.835. The van der Waals surface area contributed by atoms with E-state index >= 15 is 0 Å². The average molecular weight is 341 g/mol. The lowest BCUT2D eigenvalue weighted by atomic mass is 10.0. The molecule has 2 N–H and O–H groups in total. The Hall–Kier alpha value is -2.47. The predicted octanol–water partition coefficient (Wildman–Crippen LogP) is 3.03. The maximum Gasteiger partial charge on any atom is 0.271 e. The Kier molecular flexibility index (Phi) is 6.89. The van der Waals surface area contributed by atoms with Crippen LogP contribution in [0.25, 0.3) is 0 Å². The number of nitrogens with zero attached hydrogens (tertiary/aromatic N) is 3. The zero-order valence-electron chi connectivity index (χ0n) is 15.4. The number of carbonyl (C=O) groups is 1. The maximum atomic E-state index is 12.1. The van der Waals surface area contributed by atoms with Gasteiger partial charge in [0.15, 0.2) is 11.5 Å². The minimum atomic E-state index is -0.194. The van der Waals surface area contributed by atoms with Crippen LogP contribution in [-0.2, 0) is 0 Å². The fourth-order valence-electron chi connectivity index (χ4n) is 2.46. The molecule has 1 heterocycles. The van der Waals surface area contributed by atoms with Crippen LogP contribution in [0.5, 0.6) is 0 Å². The van der Waals surface area contributed by atoms with Crippen LogP contribution in [0.3, 0.4) is 0 Å². The van der Waals surface area contributed by atoms with E-state index in [1.54, 1.807) is 12.1 Å². The Bertz CT molecular complexity index is 682. The van der Waals surface area contributed by atoms with Crippen molar-refractivity contribution in [2.24, 2.45) is 0 Å². The van der Waals surface area contributed by atoms with Gasteiger partial charge in [-0.15, -0.1) is 10.2 Å². The normalized spacial score (nSPS) is 11.0. The molecule has 2 aromatic rings. The van der Waals surface area contributed by atoms with Crippen LogP contribution in [0, 0.1) is 0 Å². The van der Waals surface area contributed by atoms with Gasteiger partial charge < -0.3 is 15.5 Å². The molecule has 0 unspecified atom stereocenters. The molecular formula is C19H27N5O. The number of carbonyl (C=O) groups excluding carboxylic acids is 1. The standard InChI is InChI=1S/C19H27N5O/c1-14(2)15-8-5-6-9-16(15)21-18-11-10-17(22-23-18)19(25)20-12-7-13-24(3)4/h5-6,8-11,14H,7,12-13H2,1-4H3,(H,20,25)(H,21,23). The van der Waals surface area contributed by atoms with E-state index in [0.29, 0.717) is 24.0 Å². The van der Waals surface area contributed by atoms with Crippen LogP contribution in [-0.4, -0.2) is 48.2 Å². The van der Waals surface area contributed by atoms with Crippen molar-refractivity contribution in [1.82, 2.24) is 20.4 Å². The molecule has 0 aliphatic rings. The van der Waals surface area contributed by atoms with Gasteiger partial charge in [-0.3, -0.25) is 4.79 Å². The number of benzene rings is 1. The minimum Gasteiger partial charge on any atom is -0.351 e. The van der Waals surface area contributed by atoms with Gasteiger partial charge in [0, 0.05) is 12.2 Å². The predicted molar refractivity (Wildman–Crippen MR) is 101 cm³/mol. The Morgan fingerprint density at radius 3 is 2.52 bits per heavy atom. The summed E-state index contributed by atoms with van der Waals surface area (Å²) in [5, 5.41) is 14.3. The average Bonchev–Trinajstić information content (AvgIpc) is 2.59. The van der Waals surface area contributed by atoms with E-state index < -0.39 is 0 Å². The van der Waals surface area contributed by atoms with Crippen molar-refractivity contribution in [2.45, 2.75) is 26.2 Å². The Morgan fingerprint density at radius 2 is 1.88 bits per heavy atom. The SMILES string of the molecule is CC(C)c1ccccc1Nc1ccc(C(=O)NCCCN(C)C)nn1. The summed E-state index contributed by atoms with van der Waals surface area (Å²) in [5.41, 5.74) is 2.55. The molecule has 6 nitrogen and oxygen atoms in total. The summed E-state index contributed by atoms with van der Waals surface area (Å²) < 4.78 is 0. The highest BCUT2D eigenvalue weighted by Gasteiger charge is 2.09. The van der Waals surface area contributed by atoms with E-state index in [9.17, 15) is 4.79 Å². The Balaban J connectivity index is 1.95. The van der Waals surface area contributed by atoms with Gasteiger partial charge in [0.2, 0.25) is 0 Å². The quantitative estimate of drug-likeness (QED) is 0.722. The topological polar surface area (TPSA) is 70.2 Å². The molecule has 6 heteroatoms. The van der Waals surface area contributed by atoms with Crippen molar-refractivity contribution in [1.29, 1.82) is 0 Å². The number of hydrogen-bond donors (Lipinski definition) is 2. The van der Waals surface area contributed by atoms with E-state index in [0.717, 1.165) is 18.7 Å². The third kappa shape index (κ3) is 5.83. The number of aromatic nitrogens is 2. The molecule has 0 atom stereocenters. The Morgan fingerprint density at radius 1 is 1.12 bits per heavy atom. The molecule has 1 amide bonds. The van der Waals surface area contributed by atoms with E-state index in [-0.39, 0.29) is 5.91 Å². The van der Waals surface area contributed by atoms with Gasteiger partial charge in [-0.2, -0.15) is 0 Å². The number of rotatable bonds is 8. The van der Waals surface area contributed by atoms with Crippen LogP contribution in [0.2, 0.25) is 0 Å². The van der Waals surface area contributed by atoms with Crippen molar-refractivity contribution < 1.29 is 4.79 Å². The molecule has 1 aromatic carbocycles. The van der Waals surface area contributed by atoms with Gasteiger partial charge in [0.25, 0.3) is 5.91 Å². The third-order valence-electron chi connectivity index (χ3n) is 3.81. The van der Waals surface area contributed by atoms with Gasteiger partial charge in [-0.05, 0) is 56.7 Å². The molecule has 0 saturated heterocycles. The fraction of sp³-hybridized carbons (Fsp3) is 0.421. The highest BCUT2D eigenvalue weighted by atomic mass is 16.1. The lowest BCUT2D eigenvalue weighted by Gasteiger charge is -2.13. The first-order valence-electron chi connectivity index (χ1n) is 8.60. The number of anilines is 2. The number of amides is 1. The number of nitrogens with one attached hydrogen (secondary N) is 2. The van der Waals surface area contributed by atoms with Crippen LogP contribution in [0.4, 0.5) is 11.5 Å². The first-order chi connectivity index (χ1) is 12.0. The van der Waals surface area contributed by atoms with Crippen molar-refractivity contribution >= 4 is 17.4 Å². The molecule has 134 valence electrons. The first-order valence-corrected chi connectivity index (χ1v) is 8.60. The van der Waals surface area contributed by atoms with Crippen molar-refractivity contribution in [3.05, 3.63) is 47.7 Å². The maximum absolute atomic E-state index is 12.1. The fourth-order valence-corrected chi connectivity index (χ4v) is 2.46. The van der Waals surface area contributed by atoms with Crippen LogP contribution < -0.4 is 10.6 Å². The summed E-state index contributed by atoms with van der Waals surface area (Å²) in [6.07, 6.45) is 0.901. The molecule has 0 bridgehead atoms. The summed E-state index contributed by atoms with van der Waals surface area (Å²) in [7, 11) is 4.02. The lowest BCUT2D eigenvalue weighted by Crippen LogP contribution is -2.28. The molecule has 2 rings (SSSR count). The summed E-state index contributed by atoms with van der Waals surface area (Å²) in [6, 6.07) is 11.6. The summed E-state index contributed by atoms with van der Waals surface area (Å²) in [4.78, 5) is 14.1. The minimum absolute atomic E-state index is 0.194. The van der Waals surface area contributed by atoms with Gasteiger partial charge in [-0.1, -0.05) is 32.0 Å². The van der Waals surface area contributed by atoms with E-state index in [1.165, 1.54) is 5.56 Å². The molecule has 25 heavy (non-hydrogen) atoms. The highest BCUT2D eigenvalue weighted by Crippen LogP contribution is 2.25. The monoisotopic (exact) mass is 341 g/mol. The van der Waals surface area contributed by atoms with E-state index in [2.05, 4.69) is 45.6 Å². The highest BCUT2D eigenvalue weighted by molar-refractivity contribution is 5.92. The zero-order valence-corrected chi connectivity index (χ0v) is 15.4. The van der Waals surface area contributed by atoms with Crippen LogP contribution in [0.15, 0.2) is 36.4 Å². The van der Waals surface area contributed by atoms with Crippen LogP contribution in [0.1, 0.15) is 42.2 Å². The second-order valence-electron chi connectivity index (χ2n) is 6.58. The second kappa shape index (κ2) is 9.13. The number of hydrogen-bond acceptors (Lipinski definition) is 5. The van der Waals surface area contributed by atoms with Gasteiger partial charge in [-0.25, -0.2) is 0 Å². The van der Waals surface area contributed by atoms with Crippen molar-refractivity contribution in [3.8, 4) is 0 Å². The van der Waals surface area contributed by atoms with E-state index in [4.69, 9.17) is 0 Å². The van der Waals surface area contributed by atoms with Gasteiger partial charge in [0.1, 0.15) is 0 Å². The third-order valence-corrected chi connectivity index (χ3v) is 3.81. The lowest BCUT2D eigenvalue weighted by molar-refractivity contribution is 0.0946. The smallest absolute Gasteiger partial charge is 0.271 e. The zero-order chi connectivity index (χ0) is 18.2. The molecule has 0 radical (unpaired) electrons. The molecule has 0 fully saturated rings. The molecule has 0 spiro atoms. The van der Waals surface area contributed by atoms with Crippen LogP contribution >= 0.6 is 0 Å². The molecule has 0 saturated carbocycles. The second-order valence-corrected chi connectivity index (χ2v) is 6.58. The largest absolute Gasteiger partial charge is 0.351 e.